The Morgan fingerprint density at radius 3 is 2.25 bits per heavy atom. The van der Waals surface area contributed by atoms with E-state index in [1.807, 2.05) is 4.90 Å². The first-order valence-corrected chi connectivity index (χ1v) is 6.88. The highest BCUT2D eigenvalue weighted by Gasteiger charge is 2.27. The standard InChI is InChI=1S/C13H24N2O/c1-2-15(12-9-5-6-10-12)13(16)14-11-7-3-4-8-11/h11-12H,2-10H2,1H3,(H,14,16). The lowest BCUT2D eigenvalue weighted by molar-refractivity contribution is 0.175. The van der Waals surface area contributed by atoms with Gasteiger partial charge >= 0.3 is 6.03 Å². The van der Waals surface area contributed by atoms with Gasteiger partial charge in [0.05, 0.1) is 0 Å². The van der Waals surface area contributed by atoms with E-state index < -0.39 is 0 Å². The predicted molar refractivity (Wildman–Crippen MR) is 65.4 cm³/mol. The maximum absolute atomic E-state index is 12.1. The van der Waals surface area contributed by atoms with Gasteiger partial charge < -0.3 is 10.2 Å². The molecule has 92 valence electrons. The second-order valence-corrected chi connectivity index (χ2v) is 5.16. The van der Waals surface area contributed by atoms with Crippen molar-refractivity contribution in [2.24, 2.45) is 0 Å². The highest BCUT2D eigenvalue weighted by Crippen LogP contribution is 2.24. The van der Waals surface area contributed by atoms with Crippen LogP contribution in [0.2, 0.25) is 0 Å². The van der Waals surface area contributed by atoms with Crippen LogP contribution >= 0.6 is 0 Å². The van der Waals surface area contributed by atoms with Gasteiger partial charge in [-0.2, -0.15) is 0 Å². The normalized spacial score (nSPS) is 22.6. The fourth-order valence-corrected chi connectivity index (χ4v) is 3.11. The highest BCUT2D eigenvalue weighted by atomic mass is 16.2. The summed E-state index contributed by atoms with van der Waals surface area (Å²) in [6, 6.07) is 1.13. The molecule has 3 heteroatoms. The number of hydrogen-bond donors (Lipinski definition) is 1. The number of carbonyl (C=O) groups is 1. The van der Waals surface area contributed by atoms with Crippen LogP contribution in [-0.2, 0) is 0 Å². The smallest absolute Gasteiger partial charge is 0.317 e. The van der Waals surface area contributed by atoms with E-state index in [0.717, 1.165) is 6.54 Å². The van der Waals surface area contributed by atoms with E-state index in [-0.39, 0.29) is 6.03 Å². The van der Waals surface area contributed by atoms with Crippen molar-refractivity contribution in [3.05, 3.63) is 0 Å². The van der Waals surface area contributed by atoms with E-state index in [4.69, 9.17) is 0 Å². The molecule has 0 unspecified atom stereocenters. The van der Waals surface area contributed by atoms with E-state index in [0.29, 0.717) is 12.1 Å². The predicted octanol–water partition coefficient (Wildman–Crippen LogP) is 2.90. The SMILES string of the molecule is CCN(C(=O)NC1CCCC1)C1CCCC1. The summed E-state index contributed by atoms with van der Waals surface area (Å²) in [5.41, 5.74) is 0. The third kappa shape index (κ3) is 2.69. The highest BCUT2D eigenvalue weighted by molar-refractivity contribution is 5.75. The van der Waals surface area contributed by atoms with Gasteiger partial charge in [0.15, 0.2) is 0 Å². The minimum absolute atomic E-state index is 0.182. The molecule has 16 heavy (non-hydrogen) atoms. The van der Waals surface area contributed by atoms with Crippen LogP contribution in [0.15, 0.2) is 0 Å². The maximum Gasteiger partial charge on any atom is 0.317 e. The summed E-state index contributed by atoms with van der Waals surface area (Å²) in [6.45, 7) is 2.94. The van der Waals surface area contributed by atoms with Crippen LogP contribution in [-0.4, -0.2) is 29.6 Å². The molecule has 0 aromatic carbocycles. The van der Waals surface area contributed by atoms with Crippen LogP contribution in [0.3, 0.4) is 0 Å². The van der Waals surface area contributed by atoms with Gasteiger partial charge in [0.25, 0.3) is 0 Å². The van der Waals surface area contributed by atoms with E-state index in [9.17, 15) is 4.79 Å². The number of hydrogen-bond acceptors (Lipinski definition) is 1. The zero-order valence-electron chi connectivity index (χ0n) is 10.4. The van der Waals surface area contributed by atoms with Crippen molar-refractivity contribution in [1.82, 2.24) is 10.2 Å². The molecular formula is C13H24N2O. The van der Waals surface area contributed by atoms with Crippen LogP contribution in [0.1, 0.15) is 58.3 Å². The first-order chi connectivity index (χ1) is 7.81. The van der Waals surface area contributed by atoms with Gasteiger partial charge in [0.2, 0.25) is 0 Å². The zero-order chi connectivity index (χ0) is 11.4. The second kappa shape index (κ2) is 5.55. The molecule has 2 saturated carbocycles. The molecule has 2 aliphatic rings. The molecule has 1 N–H and O–H groups in total. The monoisotopic (exact) mass is 224 g/mol. The van der Waals surface area contributed by atoms with E-state index in [1.54, 1.807) is 0 Å². The Kier molecular flexibility index (Phi) is 4.08. The number of urea groups is 1. The first kappa shape index (κ1) is 11.7. The van der Waals surface area contributed by atoms with Crippen LogP contribution in [0.25, 0.3) is 0 Å². The molecule has 0 aliphatic heterocycles. The summed E-state index contributed by atoms with van der Waals surface area (Å²) >= 11 is 0. The molecule has 0 saturated heterocycles. The van der Waals surface area contributed by atoms with Gasteiger partial charge in [-0.15, -0.1) is 0 Å². The summed E-state index contributed by atoms with van der Waals surface area (Å²) in [4.78, 5) is 14.2. The molecule has 0 heterocycles. The molecule has 0 bridgehead atoms. The Bertz CT molecular complexity index is 230. The molecule has 2 amide bonds. The van der Waals surface area contributed by atoms with Gasteiger partial charge in [-0.25, -0.2) is 4.79 Å². The molecule has 0 aromatic heterocycles. The Balaban J connectivity index is 1.84. The fraction of sp³-hybridized carbons (Fsp3) is 0.923. The minimum atomic E-state index is 0.182. The molecule has 0 spiro atoms. The van der Waals surface area contributed by atoms with Crippen LogP contribution in [0.4, 0.5) is 4.79 Å². The average molecular weight is 224 g/mol. The van der Waals surface area contributed by atoms with Crippen molar-refractivity contribution in [1.29, 1.82) is 0 Å². The number of carbonyl (C=O) groups excluding carboxylic acids is 1. The molecule has 0 atom stereocenters. The van der Waals surface area contributed by atoms with E-state index in [2.05, 4.69) is 12.2 Å². The van der Waals surface area contributed by atoms with Crippen LogP contribution < -0.4 is 5.32 Å². The van der Waals surface area contributed by atoms with E-state index >= 15 is 0 Å². The molecule has 0 aromatic rings. The maximum atomic E-state index is 12.1. The van der Waals surface area contributed by atoms with Gasteiger partial charge in [-0.1, -0.05) is 25.7 Å². The number of rotatable bonds is 3. The third-order valence-electron chi connectivity index (χ3n) is 4.05. The molecule has 3 nitrogen and oxygen atoms in total. The summed E-state index contributed by atoms with van der Waals surface area (Å²) < 4.78 is 0. The van der Waals surface area contributed by atoms with E-state index in [1.165, 1.54) is 51.4 Å². The molecule has 0 radical (unpaired) electrons. The topological polar surface area (TPSA) is 32.3 Å². The summed E-state index contributed by atoms with van der Waals surface area (Å²) in [5, 5.41) is 3.19. The Morgan fingerprint density at radius 1 is 1.12 bits per heavy atom. The average Bonchev–Trinajstić information content (AvgIpc) is 2.91. The fourth-order valence-electron chi connectivity index (χ4n) is 3.11. The lowest BCUT2D eigenvalue weighted by atomic mass is 10.2. The molecule has 2 aliphatic carbocycles. The summed E-state index contributed by atoms with van der Waals surface area (Å²) in [6.07, 6.45) is 9.89. The lowest BCUT2D eigenvalue weighted by Gasteiger charge is -2.29. The summed E-state index contributed by atoms with van der Waals surface area (Å²) in [5.74, 6) is 0. The van der Waals surface area contributed by atoms with Crippen molar-refractivity contribution in [2.75, 3.05) is 6.54 Å². The number of nitrogens with one attached hydrogen (secondary N) is 1. The third-order valence-corrected chi connectivity index (χ3v) is 4.05. The Labute approximate surface area is 98.6 Å². The van der Waals surface area contributed by atoms with Crippen molar-refractivity contribution >= 4 is 6.03 Å². The molecule has 2 fully saturated rings. The number of amides is 2. The minimum Gasteiger partial charge on any atom is -0.335 e. The van der Waals surface area contributed by atoms with Gasteiger partial charge in [0.1, 0.15) is 0 Å². The Hall–Kier alpha value is -0.730. The van der Waals surface area contributed by atoms with Crippen molar-refractivity contribution in [3.63, 3.8) is 0 Å². The Morgan fingerprint density at radius 2 is 1.69 bits per heavy atom. The van der Waals surface area contributed by atoms with Crippen molar-refractivity contribution in [3.8, 4) is 0 Å². The van der Waals surface area contributed by atoms with Crippen LogP contribution in [0, 0.1) is 0 Å². The number of nitrogens with zero attached hydrogens (tertiary/aromatic N) is 1. The van der Waals surface area contributed by atoms with Gasteiger partial charge in [-0.05, 0) is 32.6 Å². The zero-order valence-corrected chi connectivity index (χ0v) is 10.4. The quantitative estimate of drug-likeness (QED) is 0.785. The largest absolute Gasteiger partial charge is 0.335 e. The summed E-state index contributed by atoms with van der Waals surface area (Å²) in [7, 11) is 0. The first-order valence-electron chi connectivity index (χ1n) is 6.88. The van der Waals surface area contributed by atoms with Crippen LogP contribution in [0.5, 0.6) is 0 Å². The lowest BCUT2D eigenvalue weighted by Crippen LogP contribution is -2.47. The van der Waals surface area contributed by atoms with Crippen molar-refractivity contribution < 1.29 is 4.79 Å². The van der Waals surface area contributed by atoms with Crippen molar-refractivity contribution in [2.45, 2.75) is 70.4 Å². The molecule has 2 rings (SSSR count). The second-order valence-electron chi connectivity index (χ2n) is 5.16. The van der Waals surface area contributed by atoms with Gasteiger partial charge in [-0.3, -0.25) is 0 Å². The molecular weight excluding hydrogens is 200 g/mol. The van der Waals surface area contributed by atoms with Gasteiger partial charge in [0, 0.05) is 18.6 Å².